The highest BCUT2D eigenvalue weighted by Crippen LogP contribution is 2.31. The standard InChI is InChI=1S/C31H29Cl2F3N6O4/c1-5-46-30(45)41-13-12-26(39(41)4)42-28(44)22-14-17(2)40(27(43)20-8-11-23(32)24(33)15-20)16-25(22)38-29(42)37-18(3)19-6-9-21(10-7-19)31(34,35)36/h6-13,15,17-18H,5,14,16H2,1-4H3/p+1/t17-,18+/m1/s1. The number of nitrogens with one attached hydrogen (secondary N) is 1. The van der Waals surface area contributed by atoms with Gasteiger partial charge >= 0.3 is 29.6 Å². The molecule has 15 heteroatoms. The van der Waals surface area contributed by atoms with Gasteiger partial charge in [-0.25, -0.2) is 9.59 Å². The van der Waals surface area contributed by atoms with E-state index in [9.17, 15) is 27.6 Å². The van der Waals surface area contributed by atoms with Crippen molar-refractivity contribution in [2.75, 3.05) is 11.9 Å². The van der Waals surface area contributed by atoms with Crippen molar-refractivity contribution in [3.05, 3.63) is 103 Å². The van der Waals surface area contributed by atoms with Gasteiger partial charge in [-0.05, 0) is 56.7 Å². The second-order valence-corrected chi connectivity index (χ2v) is 11.7. The van der Waals surface area contributed by atoms with E-state index in [0.717, 1.165) is 12.1 Å². The summed E-state index contributed by atoms with van der Waals surface area (Å²) >= 11 is 12.2. The maximum atomic E-state index is 14.2. The Hall–Kier alpha value is -4.36. The van der Waals surface area contributed by atoms with Gasteiger partial charge in [0.15, 0.2) is 0 Å². The number of amides is 1. The van der Waals surface area contributed by atoms with E-state index in [0.29, 0.717) is 27.4 Å². The Morgan fingerprint density at radius 1 is 1.13 bits per heavy atom. The number of ether oxygens (including phenoxy) is 1. The molecule has 0 unspecified atom stereocenters. The summed E-state index contributed by atoms with van der Waals surface area (Å²) in [5, 5.41) is 3.69. The number of hydrogen-bond donors (Lipinski definition) is 1. The van der Waals surface area contributed by atoms with Crippen LogP contribution in [0.5, 0.6) is 0 Å². The normalized spacial score (nSPS) is 15.3. The zero-order valence-corrected chi connectivity index (χ0v) is 26.7. The number of anilines is 1. The van der Waals surface area contributed by atoms with Gasteiger partial charge in [0.25, 0.3) is 5.91 Å². The van der Waals surface area contributed by atoms with Crippen LogP contribution in [-0.2, 0) is 30.9 Å². The van der Waals surface area contributed by atoms with E-state index < -0.39 is 29.4 Å². The van der Waals surface area contributed by atoms with Crippen molar-refractivity contribution in [1.29, 1.82) is 0 Å². The number of rotatable bonds is 6. The van der Waals surface area contributed by atoms with Gasteiger partial charge in [-0.3, -0.25) is 4.79 Å². The van der Waals surface area contributed by atoms with Crippen LogP contribution >= 0.6 is 23.2 Å². The predicted octanol–water partition coefficient (Wildman–Crippen LogP) is 5.95. The van der Waals surface area contributed by atoms with Crippen molar-refractivity contribution in [2.24, 2.45) is 7.05 Å². The lowest BCUT2D eigenvalue weighted by atomic mass is 9.98. The van der Waals surface area contributed by atoms with Gasteiger partial charge in [0.1, 0.15) is 7.05 Å². The fourth-order valence-corrected chi connectivity index (χ4v) is 5.62. The highest BCUT2D eigenvalue weighted by atomic mass is 35.5. The molecule has 1 aliphatic heterocycles. The van der Waals surface area contributed by atoms with E-state index in [1.54, 1.807) is 37.9 Å². The van der Waals surface area contributed by atoms with Crippen LogP contribution in [0.3, 0.4) is 0 Å². The number of hydrogen-bond acceptors (Lipinski definition) is 6. The molecule has 2 aromatic heterocycles. The zero-order chi connectivity index (χ0) is 33.5. The number of halogens is 5. The Morgan fingerprint density at radius 3 is 2.46 bits per heavy atom. The van der Waals surface area contributed by atoms with Crippen molar-refractivity contribution < 1.29 is 32.2 Å². The van der Waals surface area contributed by atoms with Crippen LogP contribution in [0, 0.1) is 0 Å². The van der Waals surface area contributed by atoms with E-state index in [4.69, 9.17) is 32.9 Å². The van der Waals surface area contributed by atoms with Crippen LogP contribution < -0.4 is 15.6 Å². The van der Waals surface area contributed by atoms with Crippen molar-refractivity contribution in [2.45, 2.75) is 52.0 Å². The third-order valence-corrected chi connectivity index (χ3v) is 8.57. The summed E-state index contributed by atoms with van der Waals surface area (Å²) < 4.78 is 48.6. The number of carbonyl (C=O) groups excluding carboxylic acids is 2. The fraction of sp³-hybridized carbons (Fsp3) is 0.323. The minimum atomic E-state index is -4.49. The number of nitrogens with zero attached hydrogens (tertiary/aromatic N) is 5. The topological polar surface area (TPSA) is 102 Å². The lowest BCUT2D eigenvalue weighted by Crippen LogP contribution is -2.49. The number of carbonyl (C=O) groups is 2. The van der Waals surface area contributed by atoms with Gasteiger partial charge in [0.2, 0.25) is 0 Å². The van der Waals surface area contributed by atoms with E-state index in [-0.39, 0.29) is 48.3 Å². The van der Waals surface area contributed by atoms with Crippen LogP contribution in [0.2, 0.25) is 10.0 Å². The molecule has 0 saturated heterocycles. The summed E-state index contributed by atoms with van der Waals surface area (Å²) in [5.41, 5.74) is 0.326. The summed E-state index contributed by atoms with van der Waals surface area (Å²) in [7, 11) is 1.57. The molecule has 0 aliphatic carbocycles. The summed E-state index contributed by atoms with van der Waals surface area (Å²) in [5.74, 6) is 0.00974. The number of aromatic nitrogens is 4. The first-order valence-corrected chi connectivity index (χ1v) is 15.1. The van der Waals surface area contributed by atoms with Gasteiger partial charge in [-0.15, -0.1) is 13.9 Å². The van der Waals surface area contributed by atoms with E-state index in [1.807, 2.05) is 6.92 Å². The summed E-state index contributed by atoms with van der Waals surface area (Å²) in [6.07, 6.45) is -3.52. The Labute approximate surface area is 271 Å². The minimum Gasteiger partial charge on any atom is -0.447 e. The predicted molar refractivity (Wildman–Crippen MR) is 164 cm³/mol. The number of fused-ring (bicyclic) bond motifs is 1. The Morgan fingerprint density at radius 2 is 1.83 bits per heavy atom. The second kappa shape index (κ2) is 12.8. The van der Waals surface area contributed by atoms with Gasteiger partial charge in [-0.2, -0.15) is 18.2 Å². The molecule has 0 spiro atoms. The number of benzene rings is 2. The van der Waals surface area contributed by atoms with Crippen molar-refractivity contribution >= 4 is 41.2 Å². The van der Waals surface area contributed by atoms with Gasteiger partial charge in [-0.1, -0.05) is 35.3 Å². The molecule has 4 aromatic rings. The molecule has 1 amide bonds. The lowest BCUT2D eigenvalue weighted by molar-refractivity contribution is -0.737. The van der Waals surface area contributed by atoms with Gasteiger partial charge in [0, 0.05) is 18.0 Å². The largest absolute Gasteiger partial charge is 0.449 e. The Kier molecular flexibility index (Phi) is 9.19. The molecule has 0 saturated carbocycles. The monoisotopic (exact) mass is 677 g/mol. The molecule has 1 N–H and O–H groups in total. The maximum Gasteiger partial charge on any atom is 0.449 e. The molecule has 10 nitrogen and oxygen atoms in total. The van der Waals surface area contributed by atoms with Gasteiger partial charge < -0.3 is 15.0 Å². The molecule has 1 aliphatic rings. The molecular formula is C31H30Cl2F3N6O4+. The lowest BCUT2D eigenvalue weighted by Gasteiger charge is -2.34. The minimum absolute atomic E-state index is 0.00492. The Bertz CT molecular complexity index is 1870. The van der Waals surface area contributed by atoms with E-state index >= 15 is 0 Å². The van der Waals surface area contributed by atoms with Crippen LogP contribution in [-0.4, -0.2) is 43.8 Å². The first kappa shape index (κ1) is 33.0. The third-order valence-electron chi connectivity index (χ3n) is 7.83. The fourth-order valence-electron chi connectivity index (χ4n) is 5.32. The first-order chi connectivity index (χ1) is 21.7. The molecule has 46 heavy (non-hydrogen) atoms. The molecule has 2 aromatic carbocycles. The number of alkyl halides is 3. The second-order valence-electron chi connectivity index (χ2n) is 10.8. The summed E-state index contributed by atoms with van der Waals surface area (Å²) in [4.78, 5) is 46.7. The van der Waals surface area contributed by atoms with Crippen LogP contribution in [0.25, 0.3) is 5.82 Å². The third kappa shape index (κ3) is 6.34. The molecule has 0 radical (unpaired) electrons. The van der Waals surface area contributed by atoms with Crippen molar-refractivity contribution in [3.8, 4) is 5.82 Å². The molecule has 0 bridgehead atoms. The molecule has 2 atom stereocenters. The molecular weight excluding hydrogens is 648 g/mol. The van der Waals surface area contributed by atoms with Crippen molar-refractivity contribution in [1.82, 2.24) is 19.1 Å². The average molecular weight is 679 g/mol. The molecule has 3 heterocycles. The van der Waals surface area contributed by atoms with Crippen molar-refractivity contribution in [3.63, 3.8) is 0 Å². The Balaban J connectivity index is 1.59. The SMILES string of the molecule is CCOC(=O)n1ccc(-n2c(N[C@@H](C)c3ccc(C(F)(F)F)cc3)nc3c(c2=O)C[C@@H](C)N(C(=O)c2ccc(Cl)c(Cl)c2)C3)[n+]1C. The highest BCUT2D eigenvalue weighted by Gasteiger charge is 2.36. The first-order valence-electron chi connectivity index (χ1n) is 14.3. The zero-order valence-electron chi connectivity index (χ0n) is 25.2. The smallest absolute Gasteiger partial charge is 0.447 e. The van der Waals surface area contributed by atoms with Crippen LogP contribution in [0.4, 0.5) is 23.9 Å². The van der Waals surface area contributed by atoms with E-state index in [2.05, 4.69) is 5.32 Å². The van der Waals surface area contributed by atoms with Crippen LogP contribution in [0.1, 0.15) is 59.6 Å². The van der Waals surface area contributed by atoms with E-state index in [1.165, 1.54) is 44.4 Å². The average Bonchev–Trinajstić information content (AvgIpc) is 3.38. The molecule has 5 rings (SSSR count). The summed E-state index contributed by atoms with van der Waals surface area (Å²) in [6, 6.07) is 9.78. The van der Waals surface area contributed by atoms with Gasteiger partial charge in [0.05, 0.1) is 58.3 Å². The maximum absolute atomic E-state index is 14.2. The van der Waals surface area contributed by atoms with Crippen LogP contribution in [0.15, 0.2) is 59.5 Å². The summed E-state index contributed by atoms with van der Waals surface area (Å²) in [6.45, 7) is 5.34. The highest BCUT2D eigenvalue weighted by molar-refractivity contribution is 6.42. The molecule has 242 valence electrons. The quantitative estimate of drug-likeness (QED) is 0.253. The molecule has 0 fully saturated rings.